The Balaban J connectivity index is 1.36. The van der Waals surface area contributed by atoms with Gasteiger partial charge in [0.15, 0.2) is 5.82 Å². The molecule has 1 fully saturated rings. The lowest BCUT2D eigenvalue weighted by Gasteiger charge is -2.34. The van der Waals surface area contributed by atoms with Crippen LogP contribution in [0.15, 0.2) is 35.0 Å². The van der Waals surface area contributed by atoms with E-state index in [1.54, 1.807) is 10.9 Å². The summed E-state index contributed by atoms with van der Waals surface area (Å²) in [4.78, 5) is 21.4. The van der Waals surface area contributed by atoms with Gasteiger partial charge in [0.2, 0.25) is 0 Å². The lowest BCUT2D eigenvalue weighted by molar-refractivity contribution is 0.0625. The third-order valence-electron chi connectivity index (χ3n) is 4.94. The zero-order valence-corrected chi connectivity index (χ0v) is 16.4. The van der Waals surface area contributed by atoms with Crippen molar-refractivity contribution in [3.8, 4) is 5.82 Å². The van der Waals surface area contributed by atoms with Crippen LogP contribution in [0.25, 0.3) is 5.82 Å². The molecule has 0 atom stereocenters. The Hall–Kier alpha value is -3.00. The Morgan fingerprint density at radius 1 is 1.11 bits per heavy atom. The minimum absolute atomic E-state index is 0.0179. The normalized spacial score (nSPS) is 15.2. The molecule has 4 heterocycles. The molecule has 0 spiro atoms. The molecular formula is C20H24N6O2. The van der Waals surface area contributed by atoms with Crippen LogP contribution in [0.4, 0.5) is 0 Å². The number of piperazine rings is 1. The van der Waals surface area contributed by atoms with Gasteiger partial charge < -0.3 is 9.42 Å². The van der Waals surface area contributed by atoms with E-state index in [1.165, 1.54) is 0 Å². The van der Waals surface area contributed by atoms with Crippen molar-refractivity contribution in [2.75, 3.05) is 26.2 Å². The van der Waals surface area contributed by atoms with Crippen LogP contribution in [0.5, 0.6) is 0 Å². The number of aryl methyl sites for hydroxylation is 3. The Morgan fingerprint density at radius 2 is 1.89 bits per heavy atom. The van der Waals surface area contributed by atoms with E-state index in [-0.39, 0.29) is 5.91 Å². The van der Waals surface area contributed by atoms with Crippen molar-refractivity contribution in [1.82, 2.24) is 29.7 Å². The third-order valence-corrected chi connectivity index (χ3v) is 4.94. The number of pyridine rings is 1. The summed E-state index contributed by atoms with van der Waals surface area (Å²) in [5.74, 6) is 1.56. The van der Waals surface area contributed by atoms with Crippen LogP contribution < -0.4 is 0 Å². The van der Waals surface area contributed by atoms with Gasteiger partial charge in [0, 0.05) is 50.7 Å². The van der Waals surface area contributed by atoms with Gasteiger partial charge in [-0.15, -0.1) is 0 Å². The largest absolute Gasteiger partial charge is 0.361 e. The molecule has 146 valence electrons. The maximum atomic E-state index is 12.8. The second-order valence-electron chi connectivity index (χ2n) is 7.24. The van der Waals surface area contributed by atoms with Crippen LogP contribution in [0.3, 0.4) is 0 Å². The molecule has 0 aromatic carbocycles. The highest BCUT2D eigenvalue weighted by atomic mass is 16.5. The van der Waals surface area contributed by atoms with Crippen molar-refractivity contribution in [2.24, 2.45) is 0 Å². The van der Waals surface area contributed by atoms with Crippen LogP contribution >= 0.6 is 0 Å². The first-order valence-electron chi connectivity index (χ1n) is 9.43. The summed E-state index contributed by atoms with van der Waals surface area (Å²) in [5.41, 5.74) is 3.49. The summed E-state index contributed by atoms with van der Waals surface area (Å²) in [6, 6.07) is 7.62. The summed E-state index contributed by atoms with van der Waals surface area (Å²) in [6.07, 6.45) is 1.64. The van der Waals surface area contributed by atoms with Crippen LogP contribution in [-0.2, 0) is 6.54 Å². The molecule has 8 nitrogen and oxygen atoms in total. The fourth-order valence-electron chi connectivity index (χ4n) is 3.51. The van der Waals surface area contributed by atoms with Gasteiger partial charge in [0.25, 0.3) is 5.91 Å². The lowest BCUT2D eigenvalue weighted by Crippen LogP contribution is -2.48. The number of rotatable bonds is 4. The lowest BCUT2D eigenvalue weighted by atomic mass is 10.2. The summed E-state index contributed by atoms with van der Waals surface area (Å²) in [6.45, 7) is 9.58. The number of carbonyl (C=O) groups is 1. The van der Waals surface area contributed by atoms with E-state index in [4.69, 9.17) is 4.52 Å². The predicted octanol–water partition coefficient (Wildman–Crippen LogP) is 2.14. The number of hydrogen-bond donors (Lipinski definition) is 0. The van der Waals surface area contributed by atoms with Gasteiger partial charge in [0.1, 0.15) is 5.76 Å². The predicted molar refractivity (Wildman–Crippen MR) is 103 cm³/mol. The van der Waals surface area contributed by atoms with E-state index in [2.05, 4.69) is 20.1 Å². The fraction of sp³-hybridized carbons (Fsp3) is 0.400. The molecule has 4 rings (SSSR count). The Morgan fingerprint density at radius 3 is 2.46 bits per heavy atom. The molecule has 1 amide bonds. The topological polar surface area (TPSA) is 80.3 Å². The maximum Gasteiger partial charge on any atom is 0.255 e. The van der Waals surface area contributed by atoms with Gasteiger partial charge in [-0.2, -0.15) is 5.10 Å². The van der Waals surface area contributed by atoms with Crippen molar-refractivity contribution in [2.45, 2.75) is 27.3 Å². The van der Waals surface area contributed by atoms with E-state index in [1.807, 2.05) is 49.9 Å². The van der Waals surface area contributed by atoms with Gasteiger partial charge in [-0.25, -0.2) is 9.67 Å². The van der Waals surface area contributed by atoms with Gasteiger partial charge >= 0.3 is 0 Å². The van der Waals surface area contributed by atoms with Gasteiger partial charge in [-0.3, -0.25) is 9.69 Å². The second-order valence-corrected chi connectivity index (χ2v) is 7.24. The Labute approximate surface area is 163 Å². The van der Waals surface area contributed by atoms with Crippen LogP contribution in [-0.4, -0.2) is 61.8 Å². The molecular weight excluding hydrogens is 356 g/mol. The molecule has 0 bridgehead atoms. The van der Waals surface area contributed by atoms with Crippen LogP contribution in [0, 0.1) is 20.8 Å². The quantitative estimate of drug-likeness (QED) is 0.690. The standard InChI is InChI=1S/C20H24N6O2/c1-14-10-15(2)26(22-14)19-5-4-17(12-21-19)20(27)25-8-6-24(7-9-25)13-18-11-16(3)28-23-18/h4-5,10-12H,6-9,13H2,1-3H3. The van der Waals surface area contributed by atoms with Gasteiger partial charge in [-0.05, 0) is 39.0 Å². The monoisotopic (exact) mass is 380 g/mol. The minimum Gasteiger partial charge on any atom is -0.361 e. The first-order valence-corrected chi connectivity index (χ1v) is 9.43. The van der Waals surface area contributed by atoms with Crippen LogP contribution in [0.1, 0.15) is 33.2 Å². The molecule has 3 aromatic heterocycles. The number of nitrogens with zero attached hydrogens (tertiary/aromatic N) is 6. The average molecular weight is 380 g/mol. The maximum absolute atomic E-state index is 12.8. The highest BCUT2D eigenvalue weighted by molar-refractivity contribution is 5.94. The number of carbonyl (C=O) groups excluding carboxylic acids is 1. The Kier molecular flexibility index (Phi) is 4.95. The molecule has 8 heteroatoms. The smallest absolute Gasteiger partial charge is 0.255 e. The third kappa shape index (κ3) is 3.82. The number of hydrogen-bond acceptors (Lipinski definition) is 6. The molecule has 0 N–H and O–H groups in total. The van der Waals surface area contributed by atoms with E-state index in [0.29, 0.717) is 18.7 Å². The van der Waals surface area contributed by atoms with Gasteiger partial charge in [0.05, 0.1) is 17.0 Å². The first-order chi connectivity index (χ1) is 13.5. The molecule has 0 aliphatic carbocycles. The zero-order chi connectivity index (χ0) is 19.7. The molecule has 3 aromatic rings. The van der Waals surface area contributed by atoms with E-state index >= 15 is 0 Å². The first kappa shape index (κ1) is 18.4. The highest BCUT2D eigenvalue weighted by Gasteiger charge is 2.23. The Bertz CT molecular complexity index is 967. The van der Waals surface area contributed by atoms with Crippen molar-refractivity contribution >= 4 is 5.91 Å². The summed E-state index contributed by atoms with van der Waals surface area (Å²) < 4.78 is 6.90. The zero-order valence-electron chi connectivity index (χ0n) is 16.4. The van der Waals surface area contributed by atoms with Gasteiger partial charge in [-0.1, -0.05) is 5.16 Å². The molecule has 0 unspecified atom stereocenters. The highest BCUT2D eigenvalue weighted by Crippen LogP contribution is 2.14. The minimum atomic E-state index is 0.0179. The van der Waals surface area contributed by atoms with E-state index in [0.717, 1.165) is 48.3 Å². The average Bonchev–Trinajstić information content (AvgIpc) is 3.26. The summed E-state index contributed by atoms with van der Waals surface area (Å²) in [5, 5.41) is 8.47. The molecule has 0 saturated carbocycles. The van der Waals surface area contributed by atoms with Crippen molar-refractivity contribution in [1.29, 1.82) is 0 Å². The molecule has 28 heavy (non-hydrogen) atoms. The molecule has 1 saturated heterocycles. The number of amides is 1. The fourth-order valence-corrected chi connectivity index (χ4v) is 3.51. The van der Waals surface area contributed by atoms with E-state index < -0.39 is 0 Å². The molecule has 1 aliphatic heterocycles. The number of aromatic nitrogens is 4. The van der Waals surface area contributed by atoms with Crippen molar-refractivity contribution in [3.63, 3.8) is 0 Å². The second kappa shape index (κ2) is 7.55. The van der Waals surface area contributed by atoms with Crippen LogP contribution in [0.2, 0.25) is 0 Å². The summed E-state index contributed by atoms with van der Waals surface area (Å²) in [7, 11) is 0. The SMILES string of the molecule is Cc1cc(C)n(-c2ccc(C(=O)N3CCN(Cc4cc(C)on4)CC3)cn2)n1. The van der Waals surface area contributed by atoms with E-state index in [9.17, 15) is 4.79 Å². The van der Waals surface area contributed by atoms with Crippen molar-refractivity contribution in [3.05, 3.63) is 58.9 Å². The molecule has 0 radical (unpaired) electrons. The summed E-state index contributed by atoms with van der Waals surface area (Å²) >= 11 is 0. The molecule has 1 aliphatic rings. The van der Waals surface area contributed by atoms with Crippen molar-refractivity contribution < 1.29 is 9.32 Å².